The largest absolute Gasteiger partial charge is 0.357 e. The van der Waals surface area contributed by atoms with E-state index in [1.165, 1.54) is 19.3 Å². The number of piperidine rings is 2. The Morgan fingerprint density at radius 3 is 2.72 bits per heavy atom. The highest BCUT2D eigenvalue weighted by molar-refractivity contribution is 6.04. The van der Waals surface area contributed by atoms with Gasteiger partial charge in [0.15, 0.2) is 11.3 Å². The van der Waals surface area contributed by atoms with Gasteiger partial charge in [-0.15, -0.1) is 0 Å². The van der Waals surface area contributed by atoms with Crippen molar-refractivity contribution in [3.8, 4) is 0 Å². The Labute approximate surface area is 147 Å². The van der Waals surface area contributed by atoms with Crippen LogP contribution in [0.2, 0.25) is 0 Å². The number of nitrogens with zero attached hydrogens (tertiary/aromatic N) is 4. The van der Waals surface area contributed by atoms with Gasteiger partial charge in [-0.3, -0.25) is 4.79 Å². The van der Waals surface area contributed by atoms with Crippen LogP contribution in [-0.4, -0.2) is 52.9 Å². The predicted octanol–water partition coefficient (Wildman–Crippen LogP) is 1.44. The average molecular weight is 342 g/mol. The van der Waals surface area contributed by atoms with Gasteiger partial charge in [0.2, 0.25) is 0 Å². The lowest BCUT2D eigenvalue weighted by atomic mass is 10.1. The summed E-state index contributed by atoms with van der Waals surface area (Å²) in [5.41, 5.74) is 1.26. The van der Waals surface area contributed by atoms with Gasteiger partial charge in [-0.2, -0.15) is 5.10 Å². The third-order valence-corrected chi connectivity index (χ3v) is 5.24. The molecule has 2 aliphatic rings. The number of amides is 1. The van der Waals surface area contributed by atoms with Crippen LogP contribution in [0.25, 0.3) is 11.0 Å². The molecule has 0 aromatic carbocycles. The molecule has 4 rings (SSSR count). The number of fused-ring (bicyclic) bond motifs is 1. The first-order valence-electron chi connectivity index (χ1n) is 9.32. The summed E-state index contributed by atoms with van der Waals surface area (Å²) in [5, 5.41) is 11.7. The van der Waals surface area contributed by atoms with E-state index >= 15 is 0 Å². The standard InChI is InChI=1S/C18H26N6O/c1-23-17-14(5-6-15(21-17)24-11-3-2-4-12-24)16(22-23)18(25)20-13-7-9-19-10-8-13/h5-6,13,19H,2-4,7-12H2,1H3,(H,20,25). The number of hydrogen-bond donors (Lipinski definition) is 2. The minimum absolute atomic E-state index is 0.0926. The number of aryl methyl sites for hydroxylation is 1. The van der Waals surface area contributed by atoms with Crippen molar-refractivity contribution in [3.05, 3.63) is 17.8 Å². The molecule has 0 radical (unpaired) electrons. The highest BCUT2D eigenvalue weighted by Gasteiger charge is 2.22. The van der Waals surface area contributed by atoms with E-state index in [4.69, 9.17) is 4.98 Å². The lowest BCUT2D eigenvalue weighted by Crippen LogP contribution is -2.42. The number of carbonyl (C=O) groups is 1. The third-order valence-electron chi connectivity index (χ3n) is 5.24. The summed E-state index contributed by atoms with van der Waals surface area (Å²) in [6.07, 6.45) is 5.66. The molecule has 2 N–H and O–H groups in total. The van der Waals surface area contributed by atoms with Crippen LogP contribution in [0.4, 0.5) is 5.82 Å². The van der Waals surface area contributed by atoms with Crippen LogP contribution in [0.3, 0.4) is 0 Å². The number of anilines is 1. The Hall–Kier alpha value is -2.15. The number of hydrogen-bond acceptors (Lipinski definition) is 5. The third kappa shape index (κ3) is 3.33. The van der Waals surface area contributed by atoms with Gasteiger partial charge in [-0.05, 0) is 57.3 Å². The summed E-state index contributed by atoms with van der Waals surface area (Å²) in [5.74, 6) is 0.894. The summed E-state index contributed by atoms with van der Waals surface area (Å²) < 4.78 is 1.72. The first kappa shape index (κ1) is 16.3. The van der Waals surface area contributed by atoms with Crippen LogP contribution < -0.4 is 15.5 Å². The monoisotopic (exact) mass is 342 g/mol. The SMILES string of the molecule is Cn1nc(C(=O)NC2CCNCC2)c2ccc(N3CCCCC3)nc21. The van der Waals surface area contributed by atoms with Gasteiger partial charge in [0.05, 0.1) is 5.39 Å². The minimum atomic E-state index is -0.0926. The highest BCUT2D eigenvalue weighted by atomic mass is 16.2. The molecule has 2 aliphatic heterocycles. The molecule has 7 nitrogen and oxygen atoms in total. The molecule has 0 saturated carbocycles. The Kier molecular flexibility index (Phi) is 4.57. The summed E-state index contributed by atoms with van der Waals surface area (Å²) in [6.45, 7) is 4.02. The summed E-state index contributed by atoms with van der Waals surface area (Å²) in [7, 11) is 1.86. The zero-order valence-corrected chi connectivity index (χ0v) is 14.8. The number of rotatable bonds is 3. The van der Waals surface area contributed by atoms with Crippen molar-refractivity contribution in [3.63, 3.8) is 0 Å². The minimum Gasteiger partial charge on any atom is -0.357 e. The molecule has 0 atom stereocenters. The first-order valence-corrected chi connectivity index (χ1v) is 9.32. The van der Waals surface area contributed by atoms with Gasteiger partial charge in [0.1, 0.15) is 5.82 Å². The number of aromatic nitrogens is 3. The van der Waals surface area contributed by atoms with Crippen LogP contribution in [0, 0.1) is 0 Å². The molecule has 25 heavy (non-hydrogen) atoms. The maximum atomic E-state index is 12.7. The second kappa shape index (κ2) is 7.00. The Morgan fingerprint density at radius 2 is 1.96 bits per heavy atom. The molecule has 0 spiro atoms. The van der Waals surface area contributed by atoms with Gasteiger partial charge >= 0.3 is 0 Å². The smallest absolute Gasteiger partial charge is 0.272 e. The van der Waals surface area contributed by atoms with E-state index in [2.05, 4.69) is 20.6 Å². The predicted molar refractivity (Wildman–Crippen MR) is 97.9 cm³/mol. The molecular formula is C18H26N6O. The van der Waals surface area contributed by atoms with E-state index in [9.17, 15) is 4.79 Å². The molecule has 1 amide bonds. The maximum absolute atomic E-state index is 12.7. The normalized spacial score (nSPS) is 19.3. The van der Waals surface area contributed by atoms with Gasteiger partial charge < -0.3 is 15.5 Å². The Bertz CT molecular complexity index is 758. The van der Waals surface area contributed by atoms with E-state index < -0.39 is 0 Å². The molecule has 0 bridgehead atoms. The molecule has 2 saturated heterocycles. The maximum Gasteiger partial charge on any atom is 0.272 e. The summed E-state index contributed by atoms with van der Waals surface area (Å²) in [4.78, 5) is 19.8. The average Bonchev–Trinajstić information content (AvgIpc) is 3.00. The van der Waals surface area contributed by atoms with Gasteiger partial charge in [0, 0.05) is 26.2 Å². The Morgan fingerprint density at radius 1 is 1.20 bits per heavy atom. The highest BCUT2D eigenvalue weighted by Crippen LogP contribution is 2.23. The van der Waals surface area contributed by atoms with E-state index in [1.54, 1.807) is 4.68 Å². The summed E-state index contributed by atoms with van der Waals surface area (Å²) in [6, 6.07) is 4.25. The van der Waals surface area contributed by atoms with Crippen LogP contribution in [0.5, 0.6) is 0 Å². The van der Waals surface area contributed by atoms with E-state index in [-0.39, 0.29) is 11.9 Å². The van der Waals surface area contributed by atoms with Crippen LogP contribution in [0.1, 0.15) is 42.6 Å². The zero-order valence-electron chi connectivity index (χ0n) is 14.8. The van der Waals surface area contributed by atoms with Gasteiger partial charge in [0.25, 0.3) is 5.91 Å². The number of nitrogens with one attached hydrogen (secondary N) is 2. The van der Waals surface area contributed by atoms with Crippen molar-refractivity contribution < 1.29 is 4.79 Å². The van der Waals surface area contributed by atoms with E-state index in [0.29, 0.717) is 5.69 Å². The fourth-order valence-electron chi connectivity index (χ4n) is 3.81. The number of carbonyl (C=O) groups excluding carboxylic acids is 1. The lowest BCUT2D eigenvalue weighted by Gasteiger charge is -2.27. The van der Waals surface area contributed by atoms with E-state index in [1.807, 2.05) is 19.2 Å². The Balaban J connectivity index is 1.58. The fraction of sp³-hybridized carbons (Fsp3) is 0.611. The van der Waals surface area contributed by atoms with Crippen LogP contribution >= 0.6 is 0 Å². The molecule has 0 aliphatic carbocycles. The van der Waals surface area contributed by atoms with Crippen LogP contribution in [0.15, 0.2) is 12.1 Å². The molecule has 7 heteroatoms. The van der Waals surface area contributed by atoms with E-state index in [0.717, 1.165) is 55.9 Å². The summed E-state index contributed by atoms with van der Waals surface area (Å²) >= 11 is 0. The molecule has 2 fully saturated rings. The van der Waals surface area contributed by atoms with Crippen molar-refractivity contribution in [1.82, 2.24) is 25.4 Å². The molecule has 2 aromatic heterocycles. The van der Waals surface area contributed by atoms with Crippen molar-refractivity contribution in [2.75, 3.05) is 31.1 Å². The zero-order chi connectivity index (χ0) is 17.2. The van der Waals surface area contributed by atoms with Crippen molar-refractivity contribution in [2.45, 2.75) is 38.1 Å². The number of pyridine rings is 1. The second-order valence-corrected chi connectivity index (χ2v) is 7.06. The fourth-order valence-corrected chi connectivity index (χ4v) is 3.81. The van der Waals surface area contributed by atoms with Crippen LogP contribution in [-0.2, 0) is 7.05 Å². The molecule has 134 valence electrons. The quantitative estimate of drug-likeness (QED) is 0.883. The van der Waals surface area contributed by atoms with Crippen molar-refractivity contribution >= 4 is 22.8 Å². The topological polar surface area (TPSA) is 75.1 Å². The first-order chi connectivity index (χ1) is 12.2. The van der Waals surface area contributed by atoms with Gasteiger partial charge in [-0.1, -0.05) is 0 Å². The second-order valence-electron chi connectivity index (χ2n) is 7.06. The van der Waals surface area contributed by atoms with Crippen molar-refractivity contribution in [2.24, 2.45) is 7.05 Å². The lowest BCUT2D eigenvalue weighted by molar-refractivity contribution is 0.0925. The molecule has 0 unspecified atom stereocenters. The molecule has 4 heterocycles. The molecular weight excluding hydrogens is 316 g/mol. The van der Waals surface area contributed by atoms with Gasteiger partial charge in [-0.25, -0.2) is 9.67 Å². The van der Waals surface area contributed by atoms with Crippen molar-refractivity contribution in [1.29, 1.82) is 0 Å². The molecule has 2 aromatic rings.